The first kappa shape index (κ1) is 13.6. The van der Waals surface area contributed by atoms with E-state index in [0.29, 0.717) is 11.8 Å². The molecule has 0 fully saturated rings. The molecule has 0 heterocycles. The molecule has 1 nitrogen and oxygen atoms in total. The summed E-state index contributed by atoms with van der Waals surface area (Å²) in [5, 5.41) is 1.07. The number of rotatable bonds is 5. The number of nitrogens with zero attached hydrogens (tertiary/aromatic N) is 1. The lowest BCUT2D eigenvalue weighted by Crippen LogP contribution is -2.29. The number of halogens is 1. The Bertz CT molecular complexity index is 305. The van der Waals surface area contributed by atoms with Crippen molar-refractivity contribution in [3.05, 3.63) is 29.8 Å². The van der Waals surface area contributed by atoms with Crippen LogP contribution in [-0.2, 0) is 0 Å². The Morgan fingerprint density at radius 3 is 2.19 bits per heavy atom. The van der Waals surface area contributed by atoms with Crippen molar-refractivity contribution in [2.75, 3.05) is 23.8 Å². The summed E-state index contributed by atoms with van der Waals surface area (Å²) in [5.74, 6) is 1.42. The molecular weight excluding hydrogens is 262 g/mol. The van der Waals surface area contributed by atoms with Crippen LogP contribution >= 0.6 is 15.9 Å². The van der Waals surface area contributed by atoms with Crippen molar-refractivity contribution in [3.8, 4) is 0 Å². The minimum absolute atomic E-state index is 0.700. The van der Waals surface area contributed by atoms with Gasteiger partial charge < -0.3 is 4.90 Å². The van der Waals surface area contributed by atoms with Crippen LogP contribution in [0, 0.1) is 18.8 Å². The SMILES string of the molecule is Cc1ccc(N(C)CC(CBr)C(C)C)cc1. The minimum Gasteiger partial charge on any atom is -0.374 e. The van der Waals surface area contributed by atoms with Gasteiger partial charge in [0.15, 0.2) is 0 Å². The van der Waals surface area contributed by atoms with E-state index in [1.165, 1.54) is 11.3 Å². The average molecular weight is 284 g/mol. The van der Waals surface area contributed by atoms with Crippen molar-refractivity contribution >= 4 is 21.6 Å². The largest absolute Gasteiger partial charge is 0.374 e. The summed E-state index contributed by atoms with van der Waals surface area (Å²) < 4.78 is 0. The van der Waals surface area contributed by atoms with Gasteiger partial charge in [0.05, 0.1) is 0 Å². The van der Waals surface area contributed by atoms with Crippen molar-refractivity contribution in [3.63, 3.8) is 0 Å². The van der Waals surface area contributed by atoms with E-state index in [2.05, 4.69) is 72.9 Å². The highest BCUT2D eigenvalue weighted by Gasteiger charge is 2.14. The third kappa shape index (κ3) is 3.82. The van der Waals surface area contributed by atoms with Gasteiger partial charge in [0.2, 0.25) is 0 Å². The molecule has 0 saturated carbocycles. The lowest BCUT2D eigenvalue weighted by molar-refractivity contribution is 0.432. The van der Waals surface area contributed by atoms with Gasteiger partial charge in [-0.05, 0) is 30.9 Å². The van der Waals surface area contributed by atoms with E-state index in [4.69, 9.17) is 0 Å². The summed E-state index contributed by atoms with van der Waals surface area (Å²) in [6, 6.07) is 8.73. The van der Waals surface area contributed by atoms with E-state index >= 15 is 0 Å². The predicted octanol–water partition coefficient (Wildman–Crippen LogP) is 4.10. The smallest absolute Gasteiger partial charge is 0.0363 e. The predicted molar refractivity (Wildman–Crippen MR) is 76.6 cm³/mol. The second kappa shape index (κ2) is 6.29. The molecule has 0 amide bonds. The third-order valence-electron chi connectivity index (χ3n) is 3.12. The van der Waals surface area contributed by atoms with E-state index in [1.54, 1.807) is 0 Å². The fourth-order valence-electron chi connectivity index (χ4n) is 1.69. The molecule has 2 heteroatoms. The maximum atomic E-state index is 3.60. The van der Waals surface area contributed by atoms with E-state index in [-0.39, 0.29) is 0 Å². The second-order valence-electron chi connectivity index (χ2n) is 4.87. The van der Waals surface area contributed by atoms with E-state index < -0.39 is 0 Å². The number of alkyl halides is 1. The highest BCUT2D eigenvalue weighted by atomic mass is 79.9. The molecule has 0 aliphatic heterocycles. The zero-order valence-electron chi connectivity index (χ0n) is 10.7. The Balaban J connectivity index is 2.64. The molecule has 0 radical (unpaired) electrons. The Morgan fingerprint density at radius 1 is 1.19 bits per heavy atom. The molecular formula is C14H22BrN. The first-order valence-electron chi connectivity index (χ1n) is 5.88. The molecule has 0 aliphatic carbocycles. The zero-order valence-corrected chi connectivity index (χ0v) is 12.3. The van der Waals surface area contributed by atoms with Crippen LogP contribution < -0.4 is 4.90 Å². The summed E-state index contributed by atoms with van der Waals surface area (Å²) in [4.78, 5) is 2.34. The quantitative estimate of drug-likeness (QED) is 0.736. The molecule has 0 saturated heterocycles. The number of anilines is 1. The molecule has 90 valence electrons. The monoisotopic (exact) mass is 283 g/mol. The lowest BCUT2D eigenvalue weighted by Gasteiger charge is -2.27. The van der Waals surface area contributed by atoms with Gasteiger partial charge in [-0.15, -0.1) is 0 Å². The molecule has 1 unspecified atom stereocenters. The molecule has 1 atom stereocenters. The molecule has 16 heavy (non-hydrogen) atoms. The maximum Gasteiger partial charge on any atom is 0.0363 e. The Kier molecular flexibility index (Phi) is 5.33. The summed E-state index contributed by atoms with van der Waals surface area (Å²) >= 11 is 3.60. The van der Waals surface area contributed by atoms with Gasteiger partial charge in [-0.25, -0.2) is 0 Å². The highest BCUT2D eigenvalue weighted by molar-refractivity contribution is 9.09. The molecule has 1 aromatic rings. The minimum atomic E-state index is 0.700. The second-order valence-corrected chi connectivity index (χ2v) is 5.52. The van der Waals surface area contributed by atoms with Crippen molar-refractivity contribution in [1.29, 1.82) is 0 Å². The zero-order chi connectivity index (χ0) is 12.1. The van der Waals surface area contributed by atoms with Crippen LogP contribution in [0.15, 0.2) is 24.3 Å². The molecule has 0 bridgehead atoms. The average Bonchev–Trinajstić information content (AvgIpc) is 2.26. The molecule has 0 spiro atoms. The topological polar surface area (TPSA) is 3.24 Å². The standard InChI is InChI=1S/C14H22BrN/c1-11(2)13(9-15)10-16(4)14-7-5-12(3)6-8-14/h5-8,11,13H,9-10H2,1-4H3. The maximum absolute atomic E-state index is 3.60. The first-order chi connectivity index (χ1) is 7.54. The van der Waals surface area contributed by atoms with Crippen molar-refractivity contribution < 1.29 is 0 Å². The Morgan fingerprint density at radius 2 is 1.75 bits per heavy atom. The first-order valence-corrected chi connectivity index (χ1v) is 7.00. The van der Waals surface area contributed by atoms with Gasteiger partial charge in [-0.1, -0.05) is 47.5 Å². The van der Waals surface area contributed by atoms with Crippen LogP contribution in [0.1, 0.15) is 19.4 Å². The van der Waals surface area contributed by atoms with Gasteiger partial charge in [0, 0.05) is 24.6 Å². The van der Waals surface area contributed by atoms with Gasteiger partial charge in [-0.2, -0.15) is 0 Å². The third-order valence-corrected chi connectivity index (χ3v) is 3.96. The summed E-state index contributed by atoms with van der Waals surface area (Å²) in [7, 11) is 2.17. The molecule has 0 aromatic heterocycles. The van der Waals surface area contributed by atoms with Gasteiger partial charge in [0.1, 0.15) is 0 Å². The van der Waals surface area contributed by atoms with Crippen molar-refractivity contribution in [1.82, 2.24) is 0 Å². The Labute approximate surface area is 108 Å². The highest BCUT2D eigenvalue weighted by Crippen LogP contribution is 2.19. The summed E-state index contributed by atoms with van der Waals surface area (Å²) in [6.45, 7) is 7.80. The molecule has 0 aliphatic rings. The van der Waals surface area contributed by atoms with Crippen LogP contribution in [0.5, 0.6) is 0 Å². The van der Waals surface area contributed by atoms with Crippen LogP contribution in [0.2, 0.25) is 0 Å². The summed E-state index contributed by atoms with van der Waals surface area (Å²) in [6.07, 6.45) is 0. The van der Waals surface area contributed by atoms with Crippen LogP contribution in [0.3, 0.4) is 0 Å². The fourth-order valence-corrected chi connectivity index (χ4v) is 2.65. The van der Waals surface area contributed by atoms with Crippen LogP contribution in [0.4, 0.5) is 5.69 Å². The number of aryl methyl sites for hydroxylation is 1. The Hall–Kier alpha value is -0.500. The number of hydrogen-bond donors (Lipinski definition) is 0. The summed E-state index contributed by atoms with van der Waals surface area (Å²) in [5.41, 5.74) is 2.62. The van der Waals surface area contributed by atoms with Gasteiger partial charge in [0.25, 0.3) is 0 Å². The lowest BCUT2D eigenvalue weighted by atomic mass is 9.97. The van der Waals surface area contributed by atoms with Crippen LogP contribution in [0.25, 0.3) is 0 Å². The molecule has 1 rings (SSSR count). The fraction of sp³-hybridized carbons (Fsp3) is 0.571. The molecule has 1 aromatic carbocycles. The number of hydrogen-bond acceptors (Lipinski definition) is 1. The van der Waals surface area contributed by atoms with Crippen LogP contribution in [-0.4, -0.2) is 18.9 Å². The van der Waals surface area contributed by atoms with Gasteiger partial charge >= 0.3 is 0 Å². The normalized spacial score (nSPS) is 12.9. The van der Waals surface area contributed by atoms with E-state index in [0.717, 1.165) is 11.9 Å². The van der Waals surface area contributed by atoms with Crippen molar-refractivity contribution in [2.45, 2.75) is 20.8 Å². The molecule has 0 N–H and O–H groups in total. The number of benzene rings is 1. The van der Waals surface area contributed by atoms with Gasteiger partial charge in [-0.3, -0.25) is 0 Å². The van der Waals surface area contributed by atoms with Crippen molar-refractivity contribution in [2.24, 2.45) is 11.8 Å². The van der Waals surface area contributed by atoms with E-state index in [9.17, 15) is 0 Å². The van der Waals surface area contributed by atoms with E-state index in [1.807, 2.05) is 0 Å².